The highest BCUT2D eigenvalue weighted by atomic mass is 32.2. The average Bonchev–Trinajstić information content (AvgIpc) is 3.33. The number of halogens is 2. The standard InChI is InChI=1S/C21H23F2N7O3S/c22-17-2-1-16(13-18(17)23)34(32,33)29-11-9-28(10-12-29)21(31)15-5-7-27(8-6-15)20-4-3-19-25-24-14-30(19)26-20/h1-4,13-15H,5-12H2. The molecule has 5 rings (SSSR count). The molecular weight excluding hydrogens is 468 g/mol. The van der Waals surface area contributed by atoms with Gasteiger partial charge in [0.25, 0.3) is 0 Å². The minimum atomic E-state index is -3.96. The number of hydrogen-bond acceptors (Lipinski definition) is 7. The maximum atomic E-state index is 13.5. The van der Waals surface area contributed by atoms with Gasteiger partial charge in [-0.1, -0.05) is 0 Å². The number of rotatable bonds is 4. The van der Waals surface area contributed by atoms with E-state index in [1.165, 1.54) is 4.31 Å². The zero-order chi connectivity index (χ0) is 23.9. The summed E-state index contributed by atoms with van der Waals surface area (Å²) in [6.45, 7) is 2.09. The highest BCUT2D eigenvalue weighted by molar-refractivity contribution is 7.89. The Balaban J connectivity index is 1.16. The van der Waals surface area contributed by atoms with Crippen molar-refractivity contribution in [3.8, 4) is 0 Å². The Morgan fingerprint density at radius 1 is 0.941 bits per heavy atom. The number of nitrogens with zero attached hydrogens (tertiary/aromatic N) is 7. The average molecular weight is 492 g/mol. The normalized spacial score (nSPS) is 18.5. The van der Waals surface area contributed by atoms with E-state index in [0.717, 1.165) is 18.0 Å². The van der Waals surface area contributed by atoms with Gasteiger partial charge in [0, 0.05) is 45.2 Å². The minimum Gasteiger partial charge on any atom is -0.355 e. The Kier molecular flexibility index (Phi) is 5.90. The molecular formula is C21H23F2N7O3S. The third kappa shape index (κ3) is 4.20. The third-order valence-electron chi connectivity index (χ3n) is 6.39. The molecule has 0 saturated carbocycles. The van der Waals surface area contributed by atoms with Crippen LogP contribution in [0.4, 0.5) is 14.6 Å². The first-order chi connectivity index (χ1) is 16.3. The number of anilines is 1. The number of carbonyl (C=O) groups excluding carboxylic acids is 1. The lowest BCUT2D eigenvalue weighted by Gasteiger charge is -2.38. The van der Waals surface area contributed by atoms with Crippen molar-refractivity contribution < 1.29 is 22.0 Å². The number of sulfonamides is 1. The van der Waals surface area contributed by atoms with Gasteiger partial charge < -0.3 is 9.80 Å². The second-order valence-corrected chi connectivity index (χ2v) is 10.3. The predicted octanol–water partition coefficient (Wildman–Crippen LogP) is 1.15. The molecule has 0 atom stereocenters. The van der Waals surface area contributed by atoms with Gasteiger partial charge in [-0.05, 0) is 43.2 Å². The molecule has 1 amide bonds. The van der Waals surface area contributed by atoms with E-state index in [2.05, 4.69) is 20.2 Å². The summed E-state index contributed by atoms with van der Waals surface area (Å²) in [6, 6.07) is 6.27. The first-order valence-corrected chi connectivity index (χ1v) is 12.4. The molecule has 2 aliphatic heterocycles. The molecule has 0 bridgehead atoms. The van der Waals surface area contributed by atoms with E-state index in [1.54, 1.807) is 15.7 Å². The number of hydrogen-bond donors (Lipinski definition) is 0. The van der Waals surface area contributed by atoms with E-state index < -0.39 is 21.7 Å². The summed E-state index contributed by atoms with van der Waals surface area (Å²) in [5.41, 5.74) is 0.666. The lowest BCUT2D eigenvalue weighted by Crippen LogP contribution is -2.52. The van der Waals surface area contributed by atoms with Gasteiger partial charge in [-0.2, -0.15) is 8.82 Å². The number of aromatic nitrogens is 4. The van der Waals surface area contributed by atoms with Crippen LogP contribution in [-0.4, -0.2) is 82.6 Å². The van der Waals surface area contributed by atoms with Crippen molar-refractivity contribution in [2.75, 3.05) is 44.2 Å². The number of fused-ring (bicyclic) bond motifs is 1. The Hall–Kier alpha value is -3.19. The second-order valence-electron chi connectivity index (χ2n) is 8.39. The Morgan fingerprint density at radius 2 is 1.68 bits per heavy atom. The number of piperidine rings is 1. The fourth-order valence-electron chi connectivity index (χ4n) is 4.44. The molecule has 34 heavy (non-hydrogen) atoms. The third-order valence-corrected chi connectivity index (χ3v) is 8.29. The van der Waals surface area contributed by atoms with Crippen molar-refractivity contribution >= 4 is 27.4 Å². The predicted molar refractivity (Wildman–Crippen MR) is 117 cm³/mol. The summed E-state index contributed by atoms with van der Waals surface area (Å²) >= 11 is 0. The summed E-state index contributed by atoms with van der Waals surface area (Å²) in [5.74, 6) is -1.63. The van der Waals surface area contributed by atoms with E-state index >= 15 is 0 Å². The second kappa shape index (κ2) is 8.87. The Bertz CT molecular complexity index is 1320. The Morgan fingerprint density at radius 3 is 2.38 bits per heavy atom. The summed E-state index contributed by atoms with van der Waals surface area (Å²) in [7, 11) is -3.96. The molecule has 13 heteroatoms. The molecule has 0 spiro atoms. The molecule has 180 valence electrons. The maximum Gasteiger partial charge on any atom is 0.243 e. The molecule has 1 aromatic carbocycles. The van der Waals surface area contributed by atoms with Crippen LogP contribution in [0.5, 0.6) is 0 Å². The first kappa shape index (κ1) is 22.6. The number of carbonyl (C=O) groups is 1. The Labute approximate surface area is 194 Å². The lowest BCUT2D eigenvalue weighted by atomic mass is 9.95. The molecule has 0 aliphatic carbocycles. The smallest absolute Gasteiger partial charge is 0.243 e. The van der Waals surface area contributed by atoms with Gasteiger partial charge in [0.05, 0.1) is 4.90 Å². The summed E-state index contributed by atoms with van der Waals surface area (Å²) in [4.78, 5) is 16.6. The number of benzene rings is 1. The fraction of sp³-hybridized carbons (Fsp3) is 0.429. The van der Waals surface area contributed by atoms with E-state index in [1.807, 2.05) is 12.1 Å². The molecule has 4 heterocycles. The summed E-state index contributed by atoms with van der Waals surface area (Å²) in [5, 5.41) is 12.3. The van der Waals surface area contributed by atoms with Gasteiger partial charge in [-0.15, -0.1) is 15.3 Å². The number of piperazine rings is 1. The van der Waals surface area contributed by atoms with Crippen LogP contribution in [0.15, 0.2) is 41.6 Å². The zero-order valence-electron chi connectivity index (χ0n) is 18.2. The van der Waals surface area contributed by atoms with Crippen molar-refractivity contribution in [1.29, 1.82) is 0 Å². The van der Waals surface area contributed by atoms with Crippen LogP contribution < -0.4 is 4.90 Å². The molecule has 0 radical (unpaired) electrons. The molecule has 2 aromatic heterocycles. The summed E-state index contributed by atoms with van der Waals surface area (Å²) < 4.78 is 55.1. The molecule has 0 N–H and O–H groups in total. The van der Waals surface area contributed by atoms with Crippen LogP contribution in [0, 0.1) is 17.6 Å². The van der Waals surface area contributed by atoms with Crippen LogP contribution in [0.1, 0.15) is 12.8 Å². The molecule has 10 nitrogen and oxygen atoms in total. The van der Waals surface area contributed by atoms with Gasteiger partial charge in [-0.25, -0.2) is 17.2 Å². The molecule has 0 unspecified atom stereocenters. The van der Waals surface area contributed by atoms with Gasteiger partial charge in [0.1, 0.15) is 12.1 Å². The molecule has 2 fully saturated rings. The topological polar surface area (TPSA) is 104 Å². The molecule has 3 aromatic rings. The number of amides is 1. The van der Waals surface area contributed by atoms with Crippen LogP contribution in [0.3, 0.4) is 0 Å². The van der Waals surface area contributed by atoms with Gasteiger partial charge >= 0.3 is 0 Å². The maximum absolute atomic E-state index is 13.5. The molecule has 2 saturated heterocycles. The van der Waals surface area contributed by atoms with Crippen molar-refractivity contribution in [1.82, 2.24) is 29.0 Å². The van der Waals surface area contributed by atoms with Gasteiger partial charge in [-0.3, -0.25) is 4.79 Å². The first-order valence-electron chi connectivity index (χ1n) is 11.0. The van der Waals surface area contributed by atoms with E-state index in [4.69, 9.17) is 0 Å². The summed E-state index contributed by atoms with van der Waals surface area (Å²) in [6.07, 6.45) is 2.89. The van der Waals surface area contributed by atoms with Crippen molar-refractivity contribution in [3.63, 3.8) is 0 Å². The SMILES string of the molecule is O=C(C1CCN(c2ccc3nncn3n2)CC1)N1CCN(S(=O)(=O)c2ccc(F)c(F)c2)CC1. The highest BCUT2D eigenvalue weighted by Crippen LogP contribution is 2.25. The van der Waals surface area contributed by atoms with Crippen molar-refractivity contribution in [2.45, 2.75) is 17.7 Å². The van der Waals surface area contributed by atoms with Crippen LogP contribution in [0.2, 0.25) is 0 Å². The monoisotopic (exact) mass is 491 g/mol. The van der Waals surface area contributed by atoms with Gasteiger partial charge in [0.15, 0.2) is 17.3 Å². The highest BCUT2D eigenvalue weighted by Gasteiger charge is 2.34. The zero-order valence-corrected chi connectivity index (χ0v) is 19.0. The van der Waals surface area contributed by atoms with Crippen LogP contribution in [0.25, 0.3) is 5.65 Å². The van der Waals surface area contributed by atoms with Crippen LogP contribution >= 0.6 is 0 Å². The van der Waals surface area contributed by atoms with Crippen LogP contribution in [-0.2, 0) is 14.8 Å². The van der Waals surface area contributed by atoms with E-state index in [9.17, 15) is 22.0 Å². The minimum absolute atomic E-state index is 0.0201. The van der Waals surface area contributed by atoms with E-state index in [0.29, 0.717) is 37.6 Å². The largest absolute Gasteiger partial charge is 0.355 e. The van der Waals surface area contributed by atoms with Gasteiger partial charge in [0.2, 0.25) is 15.9 Å². The van der Waals surface area contributed by atoms with Crippen molar-refractivity contribution in [2.24, 2.45) is 5.92 Å². The quantitative estimate of drug-likeness (QED) is 0.539. The molecule has 2 aliphatic rings. The van der Waals surface area contributed by atoms with E-state index in [-0.39, 0.29) is 42.9 Å². The van der Waals surface area contributed by atoms with Crippen molar-refractivity contribution in [3.05, 3.63) is 48.3 Å². The fourth-order valence-corrected chi connectivity index (χ4v) is 5.87. The lowest BCUT2D eigenvalue weighted by molar-refractivity contribution is -0.137.